The quantitative estimate of drug-likeness (QED) is 0.491. The minimum Gasteiger partial charge on any atom is -0.393 e. The third-order valence-electron chi connectivity index (χ3n) is 8.23. The molecule has 0 radical (unpaired) electrons. The van der Waals surface area contributed by atoms with Gasteiger partial charge in [0.05, 0.1) is 30.5 Å². The average molecular weight is 435 g/mol. The largest absolute Gasteiger partial charge is 0.393 e. The van der Waals surface area contributed by atoms with Gasteiger partial charge in [-0.3, -0.25) is 0 Å². The Morgan fingerprint density at radius 1 is 1.29 bits per heavy atom. The van der Waals surface area contributed by atoms with Gasteiger partial charge in [0.15, 0.2) is 0 Å². The first-order valence-electron chi connectivity index (χ1n) is 12.0. The number of aliphatic hydroxyl groups excluding tert-OH is 3. The van der Waals surface area contributed by atoms with E-state index in [1.165, 1.54) is 12.0 Å². The Morgan fingerprint density at radius 2 is 2.03 bits per heavy atom. The number of fused-ring (bicyclic) bond motifs is 1. The smallest absolute Gasteiger partial charge is 0.0871 e. The van der Waals surface area contributed by atoms with Crippen LogP contribution in [0, 0.1) is 17.3 Å². The third kappa shape index (κ3) is 5.51. The first-order chi connectivity index (χ1) is 14.6. The predicted molar refractivity (Wildman–Crippen MR) is 122 cm³/mol. The van der Waals surface area contributed by atoms with Crippen molar-refractivity contribution in [2.45, 2.75) is 96.1 Å². The molecule has 0 bridgehead atoms. The van der Waals surface area contributed by atoms with Crippen molar-refractivity contribution < 1.29 is 25.2 Å². The Morgan fingerprint density at radius 3 is 2.74 bits per heavy atom. The minimum atomic E-state index is -1.08. The molecule has 5 heteroatoms. The highest BCUT2D eigenvalue weighted by Crippen LogP contribution is 2.58. The van der Waals surface area contributed by atoms with Crippen molar-refractivity contribution in [2.24, 2.45) is 17.3 Å². The molecule has 0 aromatic rings. The van der Waals surface area contributed by atoms with E-state index in [1.54, 1.807) is 6.92 Å². The van der Waals surface area contributed by atoms with E-state index in [2.05, 4.69) is 32.6 Å². The van der Waals surface area contributed by atoms with Gasteiger partial charge in [0.25, 0.3) is 0 Å². The molecule has 0 aromatic heterocycles. The highest BCUT2D eigenvalue weighted by atomic mass is 16.5. The SMILES string of the molecule is C=C1/C(=C\C=C2/CCC[C@]3(C)[C@@H]([C@H](C)OCC[C@](C)(O)CO)CC[C@@H]23)C[C@@H](O)C[C@@H]1O. The first-order valence-corrected chi connectivity index (χ1v) is 12.0. The van der Waals surface area contributed by atoms with Crippen LogP contribution in [0.2, 0.25) is 0 Å². The van der Waals surface area contributed by atoms with Gasteiger partial charge >= 0.3 is 0 Å². The number of ether oxygens (including phenoxy) is 1. The lowest BCUT2D eigenvalue weighted by Gasteiger charge is -2.44. The molecule has 31 heavy (non-hydrogen) atoms. The van der Waals surface area contributed by atoms with Gasteiger partial charge in [0.1, 0.15) is 0 Å². The van der Waals surface area contributed by atoms with Crippen LogP contribution in [0.15, 0.2) is 35.5 Å². The second-order valence-corrected chi connectivity index (χ2v) is 10.6. The van der Waals surface area contributed by atoms with Crippen LogP contribution in [0.5, 0.6) is 0 Å². The molecule has 0 amide bonds. The molecule has 0 aromatic carbocycles. The monoisotopic (exact) mass is 434 g/mol. The summed E-state index contributed by atoms with van der Waals surface area (Å²) in [6, 6.07) is 0. The van der Waals surface area contributed by atoms with Crippen LogP contribution in [-0.4, -0.2) is 57.6 Å². The van der Waals surface area contributed by atoms with Gasteiger partial charge in [0.2, 0.25) is 0 Å². The van der Waals surface area contributed by atoms with Crippen molar-refractivity contribution in [3.05, 3.63) is 35.5 Å². The summed E-state index contributed by atoms with van der Waals surface area (Å²) in [7, 11) is 0. The van der Waals surface area contributed by atoms with E-state index in [1.807, 2.05) is 0 Å². The molecule has 3 fully saturated rings. The van der Waals surface area contributed by atoms with E-state index < -0.39 is 17.8 Å². The second kappa shape index (κ2) is 9.88. The molecule has 5 nitrogen and oxygen atoms in total. The fraction of sp³-hybridized carbons (Fsp3) is 0.769. The lowest BCUT2D eigenvalue weighted by Crippen LogP contribution is -2.39. The summed E-state index contributed by atoms with van der Waals surface area (Å²) in [5.41, 5.74) is 2.30. The van der Waals surface area contributed by atoms with Gasteiger partial charge in [-0.1, -0.05) is 31.2 Å². The highest BCUT2D eigenvalue weighted by Gasteiger charge is 2.51. The molecule has 3 saturated carbocycles. The van der Waals surface area contributed by atoms with Crippen LogP contribution >= 0.6 is 0 Å². The Hall–Kier alpha value is -0.980. The second-order valence-electron chi connectivity index (χ2n) is 10.6. The van der Waals surface area contributed by atoms with Crippen molar-refractivity contribution in [2.75, 3.05) is 13.2 Å². The molecule has 7 atom stereocenters. The standard InChI is InChI=1S/C26H42O5/c1-17-20(14-21(28)15-24(17)29)8-7-19-6-5-11-26(4)22(9-10-23(19)26)18(2)31-13-12-25(3,30)16-27/h7-8,18,21-24,27-30H,1,5-6,9-16H2,2-4H3/b19-7+,20-8-/t18-,21+,22+,23-,24-,25-,26+/m0/s1. The van der Waals surface area contributed by atoms with E-state index in [-0.39, 0.29) is 18.1 Å². The van der Waals surface area contributed by atoms with Crippen LogP contribution in [0.3, 0.4) is 0 Å². The molecule has 0 heterocycles. The zero-order valence-corrected chi connectivity index (χ0v) is 19.5. The van der Waals surface area contributed by atoms with Crippen molar-refractivity contribution in [3.8, 4) is 0 Å². The molecule has 0 aliphatic heterocycles. The molecule has 4 N–H and O–H groups in total. The lowest BCUT2D eigenvalue weighted by molar-refractivity contribution is -0.0628. The number of allylic oxidation sites excluding steroid dienone is 3. The average Bonchev–Trinajstić information content (AvgIpc) is 3.07. The van der Waals surface area contributed by atoms with Gasteiger partial charge in [0, 0.05) is 19.4 Å². The summed E-state index contributed by atoms with van der Waals surface area (Å²) in [4.78, 5) is 0. The maximum Gasteiger partial charge on any atom is 0.0871 e. The van der Waals surface area contributed by atoms with E-state index in [0.29, 0.717) is 37.7 Å². The minimum absolute atomic E-state index is 0.116. The van der Waals surface area contributed by atoms with Crippen LogP contribution in [0.4, 0.5) is 0 Å². The Balaban J connectivity index is 1.68. The van der Waals surface area contributed by atoms with Gasteiger partial charge in [-0.2, -0.15) is 0 Å². The predicted octanol–water partition coefficient (Wildman–Crippen LogP) is 3.67. The summed E-state index contributed by atoms with van der Waals surface area (Å²) < 4.78 is 6.14. The van der Waals surface area contributed by atoms with E-state index >= 15 is 0 Å². The van der Waals surface area contributed by atoms with Gasteiger partial charge in [-0.25, -0.2) is 0 Å². The molecule has 0 saturated heterocycles. The zero-order valence-electron chi connectivity index (χ0n) is 19.5. The third-order valence-corrected chi connectivity index (χ3v) is 8.23. The van der Waals surface area contributed by atoms with Crippen LogP contribution in [0.1, 0.15) is 72.1 Å². The Labute approximate surface area is 187 Å². The van der Waals surface area contributed by atoms with Gasteiger partial charge in [-0.15, -0.1) is 0 Å². The molecule has 0 spiro atoms. The van der Waals surface area contributed by atoms with E-state index in [9.17, 15) is 20.4 Å². The molecule has 176 valence electrons. The molecule has 3 aliphatic rings. The molecule has 3 aliphatic carbocycles. The molecular weight excluding hydrogens is 392 g/mol. The summed E-state index contributed by atoms with van der Waals surface area (Å²) >= 11 is 0. The fourth-order valence-electron chi connectivity index (χ4n) is 6.18. The first kappa shape index (κ1) is 24.7. The number of rotatable bonds is 7. The summed E-state index contributed by atoms with van der Waals surface area (Å²) in [6.45, 7) is 10.4. The van der Waals surface area contributed by atoms with Crippen LogP contribution in [0.25, 0.3) is 0 Å². The maximum absolute atomic E-state index is 10.1. The van der Waals surface area contributed by atoms with Crippen molar-refractivity contribution >= 4 is 0 Å². The maximum atomic E-state index is 10.1. The number of hydrogen-bond acceptors (Lipinski definition) is 5. The van der Waals surface area contributed by atoms with Crippen molar-refractivity contribution in [3.63, 3.8) is 0 Å². The van der Waals surface area contributed by atoms with Crippen molar-refractivity contribution in [1.82, 2.24) is 0 Å². The number of hydrogen-bond donors (Lipinski definition) is 4. The fourth-order valence-corrected chi connectivity index (χ4v) is 6.18. The summed E-state index contributed by atoms with van der Waals surface area (Å²) in [6.07, 6.45) is 10.4. The lowest BCUT2D eigenvalue weighted by atomic mass is 9.62. The number of aliphatic hydroxyl groups is 4. The Bertz CT molecular complexity index is 709. The van der Waals surface area contributed by atoms with Crippen LogP contribution in [-0.2, 0) is 4.74 Å². The molecule has 0 unspecified atom stereocenters. The molecule has 3 rings (SSSR count). The van der Waals surface area contributed by atoms with E-state index in [0.717, 1.165) is 36.8 Å². The van der Waals surface area contributed by atoms with Gasteiger partial charge in [-0.05, 0) is 80.8 Å². The van der Waals surface area contributed by atoms with E-state index in [4.69, 9.17) is 4.74 Å². The molecular formula is C26H42O5. The van der Waals surface area contributed by atoms with Crippen molar-refractivity contribution in [1.29, 1.82) is 0 Å². The van der Waals surface area contributed by atoms with Crippen LogP contribution < -0.4 is 0 Å². The van der Waals surface area contributed by atoms with Gasteiger partial charge < -0.3 is 25.2 Å². The highest BCUT2D eigenvalue weighted by molar-refractivity contribution is 5.38. The normalized spacial score (nSPS) is 39.5. The Kier molecular flexibility index (Phi) is 7.86. The topological polar surface area (TPSA) is 90.2 Å². The summed E-state index contributed by atoms with van der Waals surface area (Å²) in [5, 5.41) is 39.4. The summed E-state index contributed by atoms with van der Waals surface area (Å²) in [5.74, 6) is 1.00. The zero-order chi connectivity index (χ0) is 22.8.